The second kappa shape index (κ2) is 9.82. The first kappa shape index (κ1) is 21.2. The number of piperidine rings is 1. The Labute approximate surface area is 176 Å². The molecule has 0 unspecified atom stereocenters. The highest BCUT2D eigenvalue weighted by Gasteiger charge is 2.17. The Morgan fingerprint density at radius 2 is 1.80 bits per heavy atom. The van der Waals surface area contributed by atoms with Gasteiger partial charge in [-0.1, -0.05) is 0 Å². The first-order valence-corrected chi connectivity index (χ1v) is 9.91. The minimum absolute atomic E-state index is 0.320. The van der Waals surface area contributed by atoms with Gasteiger partial charge in [-0.3, -0.25) is 9.59 Å². The average molecular weight is 409 g/mol. The van der Waals surface area contributed by atoms with Crippen LogP contribution >= 0.6 is 0 Å². The fourth-order valence-electron chi connectivity index (χ4n) is 3.51. The molecule has 0 spiro atoms. The zero-order chi connectivity index (χ0) is 21.5. The molecule has 1 aliphatic rings. The monoisotopic (exact) mass is 409 g/mol. The van der Waals surface area contributed by atoms with Gasteiger partial charge in [0.15, 0.2) is 0 Å². The van der Waals surface area contributed by atoms with Gasteiger partial charge in [0.05, 0.1) is 25.6 Å². The lowest BCUT2D eigenvalue weighted by molar-refractivity contribution is -0.111. The summed E-state index contributed by atoms with van der Waals surface area (Å²) in [6.45, 7) is 1.82. The Morgan fingerprint density at radius 3 is 2.47 bits per heavy atom. The third kappa shape index (κ3) is 5.11. The molecule has 2 amide bonds. The topological polar surface area (TPSA) is 93.9 Å². The van der Waals surface area contributed by atoms with Crippen LogP contribution in [0, 0.1) is 0 Å². The molecule has 0 bridgehead atoms. The van der Waals surface area contributed by atoms with E-state index >= 15 is 0 Å². The summed E-state index contributed by atoms with van der Waals surface area (Å²) in [6.07, 6.45) is 6.48. The Morgan fingerprint density at radius 1 is 1.03 bits per heavy atom. The molecule has 0 saturated carbocycles. The molecule has 2 aromatic rings. The summed E-state index contributed by atoms with van der Waals surface area (Å²) in [5, 5.41) is 2.89. The average Bonchev–Trinajstić information content (AvgIpc) is 2.78. The van der Waals surface area contributed by atoms with Crippen LogP contribution in [0.1, 0.15) is 35.2 Å². The van der Waals surface area contributed by atoms with Crippen LogP contribution in [0.2, 0.25) is 0 Å². The van der Waals surface area contributed by atoms with Crippen LogP contribution in [0.3, 0.4) is 0 Å². The number of nitrogens with one attached hydrogen (secondary N) is 1. The van der Waals surface area contributed by atoms with Crippen molar-refractivity contribution >= 4 is 29.3 Å². The molecule has 7 heteroatoms. The van der Waals surface area contributed by atoms with Crippen LogP contribution in [0.25, 0.3) is 6.08 Å². The summed E-state index contributed by atoms with van der Waals surface area (Å²) >= 11 is 0. The number of ether oxygens (including phenoxy) is 2. The van der Waals surface area contributed by atoms with Gasteiger partial charge in [-0.25, -0.2) is 0 Å². The van der Waals surface area contributed by atoms with Gasteiger partial charge in [-0.05, 0) is 61.7 Å². The van der Waals surface area contributed by atoms with Crippen LogP contribution in [-0.4, -0.2) is 39.1 Å². The van der Waals surface area contributed by atoms with Crippen LogP contribution in [0.5, 0.6) is 11.5 Å². The first-order chi connectivity index (χ1) is 14.5. The Balaban J connectivity index is 1.84. The highest BCUT2D eigenvalue weighted by molar-refractivity contribution is 6.05. The van der Waals surface area contributed by atoms with Crippen molar-refractivity contribution in [1.29, 1.82) is 0 Å². The maximum atomic E-state index is 12.7. The molecular weight excluding hydrogens is 382 g/mol. The van der Waals surface area contributed by atoms with Crippen molar-refractivity contribution in [2.24, 2.45) is 5.73 Å². The highest BCUT2D eigenvalue weighted by Crippen LogP contribution is 2.30. The number of methoxy groups -OCH3 is 2. The van der Waals surface area contributed by atoms with Crippen molar-refractivity contribution < 1.29 is 19.1 Å². The number of nitrogens with two attached hydrogens (primary N) is 1. The minimum atomic E-state index is -0.535. The number of nitrogens with zero attached hydrogens (tertiary/aromatic N) is 1. The SMILES string of the molecule is COc1ccc(OC)c(C=CC(=O)Nc2cc(C(N)=O)ccc2N2CCCCC2)c1. The number of hydrogen-bond donors (Lipinski definition) is 2. The van der Waals surface area contributed by atoms with Crippen molar-refractivity contribution in [3.63, 3.8) is 0 Å². The molecule has 7 nitrogen and oxygen atoms in total. The molecule has 1 saturated heterocycles. The number of anilines is 2. The van der Waals surface area contributed by atoms with Crippen LogP contribution in [-0.2, 0) is 4.79 Å². The van der Waals surface area contributed by atoms with Gasteiger partial charge in [-0.2, -0.15) is 0 Å². The summed E-state index contributed by atoms with van der Waals surface area (Å²) in [7, 11) is 3.15. The molecule has 158 valence electrons. The lowest BCUT2D eigenvalue weighted by atomic mass is 10.1. The second-order valence-corrected chi connectivity index (χ2v) is 7.07. The lowest BCUT2D eigenvalue weighted by Crippen LogP contribution is -2.30. The van der Waals surface area contributed by atoms with E-state index in [-0.39, 0.29) is 5.91 Å². The molecule has 0 aromatic heterocycles. The van der Waals surface area contributed by atoms with Gasteiger partial charge in [0, 0.05) is 30.3 Å². The van der Waals surface area contributed by atoms with E-state index in [0.29, 0.717) is 28.3 Å². The van der Waals surface area contributed by atoms with Gasteiger partial charge in [0.1, 0.15) is 11.5 Å². The smallest absolute Gasteiger partial charge is 0.248 e. The van der Waals surface area contributed by atoms with Gasteiger partial charge < -0.3 is 25.4 Å². The molecule has 30 heavy (non-hydrogen) atoms. The van der Waals surface area contributed by atoms with Gasteiger partial charge in [-0.15, -0.1) is 0 Å². The van der Waals surface area contributed by atoms with E-state index in [4.69, 9.17) is 15.2 Å². The van der Waals surface area contributed by atoms with Gasteiger partial charge >= 0.3 is 0 Å². The van der Waals surface area contributed by atoms with Gasteiger partial charge in [0.25, 0.3) is 0 Å². The summed E-state index contributed by atoms with van der Waals surface area (Å²) in [5.74, 6) is 0.439. The van der Waals surface area contributed by atoms with Crippen LogP contribution < -0.4 is 25.4 Å². The number of benzene rings is 2. The summed E-state index contributed by atoms with van der Waals surface area (Å²) in [4.78, 5) is 26.5. The van der Waals surface area contributed by atoms with E-state index in [1.807, 2.05) is 6.07 Å². The highest BCUT2D eigenvalue weighted by atomic mass is 16.5. The van der Waals surface area contributed by atoms with Crippen LogP contribution in [0.15, 0.2) is 42.5 Å². The van der Waals surface area contributed by atoms with E-state index in [2.05, 4.69) is 10.2 Å². The predicted octanol–water partition coefficient (Wildman–Crippen LogP) is 3.44. The molecule has 1 fully saturated rings. The first-order valence-electron chi connectivity index (χ1n) is 9.91. The maximum Gasteiger partial charge on any atom is 0.248 e. The molecule has 2 aromatic carbocycles. The zero-order valence-corrected chi connectivity index (χ0v) is 17.3. The maximum absolute atomic E-state index is 12.7. The quantitative estimate of drug-likeness (QED) is 0.683. The molecule has 1 heterocycles. The molecular formula is C23H27N3O4. The molecule has 1 aliphatic heterocycles. The van der Waals surface area contributed by atoms with E-state index in [1.165, 1.54) is 12.5 Å². The Kier molecular flexibility index (Phi) is 6.95. The normalized spacial score (nSPS) is 13.9. The zero-order valence-electron chi connectivity index (χ0n) is 17.3. The summed E-state index contributed by atoms with van der Waals surface area (Å²) in [6, 6.07) is 10.5. The Hall–Kier alpha value is -3.48. The van der Waals surface area contributed by atoms with Crippen molar-refractivity contribution in [3.8, 4) is 11.5 Å². The predicted molar refractivity (Wildman–Crippen MR) is 118 cm³/mol. The molecule has 0 atom stereocenters. The summed E-state index contributed by atoms with van der Waals surface area (Å²) in [5.41, 5.74) is 7.96. The second-order valence-electron chi connectivity index (χ2n) is 7.07. The molecule has 0 radical (unpaired) electrons. The molecule has 0 aliphatic carbocycles. The molecule has 3 N–H and O–H groups in total. The number of carbonyl (C=O) groups is 2. The fraction of sp³-hybridized carbons (Fsp3) is 0.304. The third-order valence-corrected chi connectivity index (χ3v) is 5.09. The number of primary amides is 1. The number of rotatable bonds is 7. The van der Waals surface area contributed by atoms with E-state index < -0.39 is 5.91 Å². The third-order valence-electron chi connectivity index (χ3n) is 5.09. The molecule has 3 rings (SSSR count). The van der Waals surface area contributed by atoms with Crippen LogP contribution in [0.4, 0.5) is 11.4 Å². The van der Waals surface area contributed by atoms with E-state index in [1.54, 1.807) is 50.6 Å². The number of amides is 2. The van der Waals surface area contributed by atoms with Crippen molar-refractivity contribution in [3.05, 3.63) is 53.6 Å². The fourth-order valence-corrected chi connectivity index (χ4v) is 3.51. The Bertz CT molecular complexity index is 949. The number of hydrogen-bond acceptors (Lipinski definition) is 5. The van der Waals surface area contributed by atoms with Crippen molar-refractivity contribution in [2.75, 3.05) is 37.5 Å². The number of carbonyl (C=O) groups excluding carboxylic acids is 2. The summed E-state index contributed by atoms with van der Waals surface area (Å²) < 4.78 is 10.6. The lowest BCUT2D eigenvalue weighted by Gasteiger charge is -2.30. The van der Waals surface area contributed by atoms with E-state index in [9.17, 15) is 9.59 Å². The standard InChI is InChI=1S/C23H27N3O4/c1-29-18-8-10-21(30-2)16(14-18)7-11-22(27)25-19-15-17(23(24)28)6-9-20(19)26-12-4-3-5-13-26/h6-11,14-15H,3-5,12-13H2,1-2H3,(H2,24,28)(H,25,27). The van der Waals surface area contributed by atoms with Crippen molar-refractivity contribution in [2.45, 2.75) is 19.3 Å². The van der Waals surface area contributed by atoms with E-state index in [0.717, 1.165) is 31.6 Å². The largest absolute Gasteiger partial charge is 0.497 e. The minimum Gasteiger partial charge on any atom is -0.497 e. The van der Waals surface area contributed by atoms with Crippen molar-refractivity contribution in [1.82, 2.24) is 0 Å². The van der Waals surface area contributed by atoms with Gasteiger partial charge in [0.2, 0.25) is 11.8 Å².